The zero-order chi connectivity index (χ0) is 11.5. The highest BCUT2D eigenvalue weighted by molar-refractivity contribution is 5.82. The van der Waals surface area contributed by atoms with Crippen LogP contribution in [0.2, 0.25) is 0 Å². The van der Waals surface area contributed by atoms with Crippen LogP contribution in [0.1, 0.15) is 26.1 Å². The van der Waals surface area contributed by atoms with Crippen molar-refractivity contribution < 1.29 is 9.53 Å². The molecule has 0 saturated heterocycles. The molecular formula is C10H16N4O2. The number of fused-ring (bicyclic) bond motifs is 1. The molecule has 0 fully saturated rings. The van der Waals surface area contributed by atoms with E-state index in [1.165, 1.54) is 0 Å². The molecule has 0 aliphatic carbocycles. The number of nitrogens with one attached hydrogen (secondary N) is 1. The van der Waals surface area contributed by atoms with Gasteiger partial charge in [-0.05, 0) is 19.3 Å². The van der Waals surface area contributed by atoms with Crippen molar-refractivity contribution >= 4 is 12.0 Å². The lowest BCUT2D eigenvalue weighted by atomic mass is 10.0. The van der Waals surface area contributed by atoms with Crippen molar-refractivity contribution in [2.24, 2.45) is 5.92 Å². The predicted molar refractivity (Wildman–Crippen MR) is 58.2 cm³/mol. The first-order valence-corrected chi connectivity index (χ1v) is 5.56. The molecule has 1 aliphatic heterocycles. The molecule has 6 nitrogen and oxygen atoms in total. The number of anilines is 1. The minimum Gasteiger partial charge on any atom is -0.450 e. The van der Waals surface area contributed by atoms with Crippen LogP contribution in [0.25, 0.3) is 0 Å². The van der Waals surface area contributed by atoms with E-state index in [9.17, 15) is 4.79 Å². The Morgan fingerprint density at radius 1 is 1.69 bits per heavy atom. The van der Waals surface area contributed by atoms with Gasteiger partial charge in [0.05, 0.1) is 6.61 Å². The maximum Gasteiger partial charge on any atom is 0.414 e. The van der Waals surface area contributed by atoms with Gasteiger partial charge in [-0.2, -0.15) is 4.98 Å². The number of amides is 1. The molecular weight excluding hydrogens is 208 g/mol. The lowest BCUT2D eigenvalue weighted by Gasteiger charge is -2.17. The lowest BCUT2D eigenvalue weighted by Crippen LogP contribution is -2.18. The average Bonchev–Trinajstić information content (AvgIpc) is 2.59. The fraction of sp³-hybridized carbons (Fsp3) is 0.700. The normalized spacial score (nSPS) is 19.0. The Balaban J connectivity index is 2.04. The topological polar surface area (TPSA) is 69.0 Å². The van der Waals surface area contributed by atoms with Crippen molar-refractivity contribution in [1.82, 2.24) is 14.8 Å². The summed E-state index contributed by atoms with van der Waals surface area (Å²) in [4.78, 5) is 15.4. The molecule has 0 bridgehead atoms. The molecule has 0 spiro atoms. The summed E-state index contributed by atoms with van der Waals surface area (Å²) < 4.78 is 6.61. The van der Waals surface area contributed by atoms with Crippen molar-refractivity contribution in [2.45, 2.75) is 33.2 Å². The van der Waals surface area contributed by atoms with Crippen LogP contribution in [0.4, 0.5) is 10.7 Å². The minimum absolute atomic E-state index is 0.336. The Morgan fingerprint density at radius 2 is 2.50 bits per heavy atom. The number of carbonyl (C=O) groups excluding carboxylic acids is 1. The van der Waals surface area contributed by atoms with Crippen LogP contribution < -0.4 is 5.32 Å². The van der Waals surface area contributed by atoms with E-state index in [2.05, 4.69) is 22.3 Å². The van der Waals surface area contributed by atoms with Gasteiger partial charge in [-0.25, -0.2) is 9.48 Å². The Bertz CT molecular complexity index is 388. The highest BCUT2D eigenvalue weighted by atomic mass is 16.5. The molecule has 1 N–H and O–H groups in total. The summed E-state index contributed by atoms with van der Waals surface area (Å²) in [6.45, 7) is 5.16. The van der Waals surface area contributed by atoms with E-state index in [1.807, 2.05) is 4.68 Å². The van der Waals surface area contributed by atoms with Crippen LogP contribution in [0.15, 0.2) is 0 Å². The average molecular weight is 224 g/mol. The number of aryl methyl sites for hydroxylation is 1. The maximum atomic E-state index is 11.2. The van der Waals surface area contributed by atoms with Gasteiger partial charge in [0.2, 0.25) is 0 Å². The fourth-order valence-electron chi connectivity index (χ4n) is 1.77. The number of nitrogens with zero attached hydrogens (tertiary/aromatic N) is 3. The first-order valence-electron chi connectivity index (χ1n) is 5.56. The third kappa shape index (κ3) is 2.32. The van der Waals surface area contributed by atoms with Crippen LogP contribution in [0.5, 0.6) is 0 Å². The Kier molecular flexibility index (Phi) is 3.07. The smallest absolute Gasteiger partial charge is 0.414 e. The van der Waals surface area contributed by atoms with Crippen LogP contribution in [0, 0.1) is 5.92 Å². The van der Waals surface area contributed by atoms with E-state index < -0.39 is 6.09 Å². The van der Waals surface area contributed by atoms with E-state index in [0.29, 0.717) is 18.5 Å². The van der Waals surface area contributed by atoms with Crippen molar-refractivity contribution in [3.8, 4) is 0 Å². The summed E-state index contributed by atoms with van der Waals surface area (Å²) in [5.74, 6) is 1.90. The second kappa shape index (κ2) is 4.51. The number of hydrogen-bond acceptors (Lipinski definition) is 4. The molecule has 0 aromatic carbocycles. The molecule has 1 atom stereocenters. The summed E-state index contributed by atoms with van der Waals surface area (Å²) in [7, 11) is 0. The number of ether oxygens (including phenoxy) is 1. The van der Waals surface area contributed by atoms with Gasteiger partial charge in [-0.1, -0.05) is 6.92 Å². The summed E-state index contributed by atoms with van der Waals surface area (Å²) in [5, 5.41) is 6.71. The molecule has 1 aromatic rings. The SMILES string of the molecule is CCOC(=O)Nc1nc2n(n1)CCC(C)C2. The van der Waals surface area contributed by atoms with Gasteiger partial charge in [-0.3, -0.25) is 5.32 Å². The number of rotatable bonds is 2. The zero-order valence-corrected chi connectivity index (χ0v) is 9.56. The van der Waals surface area contributed by atoms with Gasteiger partial charge in [-0.15, -0.1) is 5.10 Å². The highest BCUT2D eigenvalue weighted by Gasteiger charge is 2.19. The first kappa shape index (κ1) is 10.9. The maximum absolute atomic E-state index is 11.2. The van der Waals surface area contributed by atoms with Gasteiger partial charge in [0.15, 0.2) is 0 Å². The van der Waals surface area contributed by atoms with Gasteiger partial charge in [0.1, 0.15) is 5.82 Å². The van der Waals surface area contributed by atoms with E-state index in [0.717, 1.165) is 25.2 Å². The molecule has 2 heterocycles. The van der Waals surface area contributed by atoms with Crippen molar-refractivity contribution in [1.29, 1.82) is 0 Å². The largest absolute Gasteiger partial charge is 0.450 e. The molecule has 1 aliphatic rings. The summed E-state index contributed by atoms with van der Waals surface area (Å²) in [5.41, 5.74) is 0. The molecule has 1 unspecified atom stereocenters. The standard InChI is InChI=1S/C10H16N4O2/c1-3-16-10(15)12-9-11-8-6-7(2)4-5-14(8)13-9/h7H,3-6H2,1-2H3,(H,12,13,15). The van der Waals surface area contributed by atoms with Crippen molar-refractivity contribution in [3.63, 3.8) is 0 Å². The summed E-state index contributed by atoms with van der Waals surface area (Å²) in [6, 6.07) is 0. The second-order valence-electron chi connectivity index (χ2n) is 4.02. The first-order chi connectivity index (χ1) is 7.69. The number of carbonyl (C=O) groups is 1. The van der Waals surface area contributed by atoms with Gasteiger partial charge in [0, 0.05) is 13.0 Å². The van der Waals surface area contributed by atoms with E-state index in [4.69, 9.17) is 4.74 Å². The molecule has 6 heteroatoms. The molecule has 16 heavy (non-hydrogen) atoms. The number of hydrogen-bond donors (Lipinski definition) is 1. The highest BCUT2D eigenvalue weighted by Crippen LogP contribution is 2.19. The quantitative estimate of drug-likeness (QED) is 0.825. The number of aromatic nitrogens is 3. The van der Waals surface area contributed by atoms with Gasteiger partial charge >= 0.3 is 6.09 Å². The van der Waals surface area contributed by atoms with Gasteiger partial charge < -0.3 is 4.74 Å². The third-order valence-corrected chi connectivity index (χ3v) is 2.60. The predicted octanol–water partition coefficient (Wildman–Crippen LogP) is 1.43. The molecule has 1 amide bonds. The van der Waals surface area contributed by atoms with Crippen molar-refractivity contribution in [3.05, 3.63) is 5.82 Å². The van der Waals surface area contributed by atoms with Crippen molar-refractivity contribution in [2.75, 3.05) is 11.9 Å². The second-order valence-corrected chi connectivity index (χ2v) is 4.02. The minimum atomic E-state index is -0.501. The molecule has 2 rings (SSSR count). The molecule has 88 valence electrons. The van der Waals surface area contributed by atoms with Gasteiger partial charge in [0.25, 0.3) is 5.95 Å². The van der Waals surface area contributed by atoms with Crippen LogP contribution in [-0.4, -0.2) is 27.5 Å². The zero-order valence-electron chi connectivity index (χ0n) is 9.56. The lowest BCUT2D eigenvalue weighted by molar-refractivity contribution is 0.167. The summed E-state index contributed by atoms with van der Waals surface area (Å²) >= 11 is 0. The Morgan fingerprint density at radius 3 is 3.25 bits per heavy atom. The Labute approximate surface area is 94.0 Å². The summed E-state index contributed by atoms with van der Waals surface area (Å²) in [6.07, 6.45) is 1.52. The van der Waals surface area contributed by atoms with E-state index >= 15 is 0 Å². The monoisotopic (exact) mass is 224 g/mol. The van der Waals surface area contributed by atoms with E-state index in [1.54, 1.807) is 6.92 Å². The van der Waals surface area contributed by atoms with Crippen LogP contribution in [-0.2, 0) is 17.7 Å². The molecule has 0 radical (unpaired) electrons. The van der Waals surface area contributed by atoms with Crippen LogP contribution in [0.3, 0.4) is 0 Å². The molecule has 1 aromatic heterocycles. The van der Waals surface area contributed by atoms with E-state index in [-0.39, 0.29) is 0 Å². The Hall–Kier alpha value is -1.59. The fourth-order valence-corrected chi connectivity index (χ4v) is 1.77. The third-order valence-electron chi connectivity index (χ3n) is 2.60. The van der Waals surface area contributed by atoms with Crippen LogP contribution >= 0.6 is 0 Å². The molecule has 0 saturated carbocycles.